The maximum Gasteiger partial charge on any atom is 0.222 e. The van der Waals surface area contributed by atoms with Crippen molar-refractivity contribution >= 4 is 47.4 Å². The van der Waals surface area contributed by atoms with Gasteiger partial charge in [0.2, 0.25) is 5.91 Å². The van der Waals surface area contributed by atoms with E-state index in [9.17, 15) is 4.79 Å². The number of carbonyl (C=O) groups is 1. The largest absolute Gasteiger partial charge is 0.357 e. The van der Waals surface area contributed by atoms with Crippen LogP contribution < -0.4 is 10.6 Å². The molecular formula is C18H28ClIN4O. The summed E-state index contributed by atoms with van der Waals surface area (Å²) in [6, 6.07) is 8.14. The van der Waals surface area contributed by atoms with Crippen LogP contribution in [0.4, 0.5) is 0 Å². The van der Waals surface area contributed by atoms with Gasteiger partial charge in [0.15, 0.2) is 5.96 Å². The molecule has 1 heterocycles. The van der Waals surface area contributed by atoms with Gasteiger partial charge < -0.3 is 15.5 Å². The fourth-order valence-corrected chi connectivity index (χ4v) is 3.04. The first-order valence-electron chi connectivity index (χ1n) is 8.69. The van der Waals surface area contributed by atoms with Crippen LogP contribution in [0.15, 0.2) is 29.3 Å². The van der Waals surface area contributed by atoms with E-state index in [1.54, 1.807) is 0 Å². The molecule has 0 bridgehead atoms. The van der Waals surface area contributed by atoms with Gasteiger partial charge in [-0.15, -0.1) is 24.0 Å². The lowest BCUT2D eigenvalue weighted by molar-refractivity contribution is -0.129. The molecule has 1 saturated heterocycles. The Morgan fingerprint density at radius 2 is 2.20 bits per heavy atom. The standard InChI is InChI=1S/C18H27ClN4O.HI/c1-3-17(24)23-11-9-16(13-23)22-18(20-4-2)21-10-8-14-6-5-7-15(19)12-14;/h5-7,12,16H,3-4,8-11,13H2,1-2H3,(H2,20,21,22);1H. The molecule has 140 valence electrons. The van der Waals surface area contributed by atoms with Crippen molar-refractivity contribution in [1.29, 1.82) is 0 Å². The molecule has 0 saturated carbocycles. The molecule has 1 atom stereocenters. The molecule has 1 unspecified atom stereocenters. The normalized spacial score (nSPS) is 17.2. The van der Waals surface area contributed by atoms with E-state index < -0.39 is 0 Å². The highest BCUT2D eigenvalue weighted by molar-refractivity contribution is 14.0. The molecule has 1 aliphatic heterocycles. The highest BCUT2D eigenvalue weighted by Crippen LogP contribution is 2.12. The monoisotopic (exact) mass is 478 g/mol. The zero-order valence-electron chi connectivity index (χ0n) is 14.9. The molecule has 1 amide bonds. The Hall–Kier alpha value is -1.02. The summed E-state index contributed by atoms with van der Waals surface area (Å²) >= 11 is 6.01. The summed E-state index contributed by atoms with van der Waals surface area (Å²) in [5, 5.41) is 7.47. The van der Waals surface area contributed by atoms with Gasteiger partial charge in [0.25, 0.3) is 0 Å². The predicted molar refractivity (Wildman–Crippen MR) is 115 cm³/mol. The molecule has 1 aromatic rings. The van der Waals surface area contributed by atoms with E-state index in [0.29, 0.717) is 13.0 Å². The van der Waals surface area contributed by atoms with Gasteiger partial charge in [-0.05, 0) is 37.5 Å². The molecule has 1 aliphatic rings. The molecular weight excluding hydrogens is 451 g/mol. The number of guanidine groups is 1. The third-order valence-electron chi connectivity index (χ3n) is 4.09. The number of hydrogen-bond donors (Lipinski definition) is 2. The van der Waals surface area contributed by atoms with Gasteiger partial charge in [-0.25, -0.2) is 0 Å². The average molecular weight is 479 g/mol. The Morgan fingerprint density at radius 3 is 2.88 bits per heavy atom. The number of nitrogens with zero attached hydrogens (tertiary/aromatic N) is 2. The van der Waals surface area contributed by atoms with Crippen LogP contribution in [0.2, 0.25) is 5.02 Å². The van der Waals surface area contributed by atoms with E-state index in [2.05, 4.69) is 28.6 Å². The minimum absolute atomic E-state index is 0. The predicted octanol–water partition coefficient (Wildman–Crippen LogP) is 3.07. The first kappa shape index (κ1) is 22.0. The van der Waals surface area contributed by atoms with Crippen LogP contribution in [0, 0.1) is 0 Å². The molecule has 2 N–H and O–H groups in total. The van der Waals surface area contributed by atoms with Crippen LogP contribution in [0.25, 0.3) is 0 Å². The average Bonchev–Trinajstić information content (AvgIpc) is 3.03. The van der Waals surface area contributed by atoms with E-state index in [1.807, 2.05) is 30.0 Å². The molecule has 7 heteroatoms. The second-order valence-corrected chi connectivity index (χ2v) is 6.40. The number of nitrogens with one attached hydrogen (secondary N) is 2. The number of halogens is 2. The van der Waals surface area contributed by atoms with Crippen molar-refractivity contribution in [3.8, 4) is 0 Å². The van der Waals surface area contributed by atoms with Crippen molar-refractivity contribution in [2.75, 3.05) is 26.2 Å². The van der Waals surface area contributed by atoms with Crippen molar-refractivity contribution in [2.45, 2.75) is 39.2 Å². The molecule has 25 heavy (non-hydrogen) atoms. The number of aliphatic imine (C=N–C) groups is 1. The number of benzene rings is 1. The van der Waals surface area contributed by atoms with Gasteiger partial charge in [0.05, 0.1) is 0 Å². The van der Waals surface area contributed by atoms with Gasteiger partial charge in [0.1, 0.15) is 0 Å². The zero-order valence-corrected chi connectivity index (χ0v) is 18.0. The van der Waals surface area contributed by atoms with Crippen LogP contribution >= 0.6 is 35.6 Å². The van der Waals surface area contributed by atoms with Gasteiger partial charge in [-0.1, -0.05) is 30.7 Å². The van der Waals surface area contributed by atoms with Crippen molar-refractivity contribution < 1.29 is 4.79 Å². The smallest absolute Gasteiger partial charge is 0.222 e. The third kappa shape index (κ3) is 7.40. The summed E-state index contributed by atoms with van der Waals surface area (Å²) in [5.74, 6) is 1.04. The van der Waals surface area contributed by atoms with Gasteiger partial charge in [-0.3, -0.25) is 9.79 Å². The molecule has 0 spiro atoms. The Morgan fingerprint density at radius 1 is 1.40 bits per heavy atom. The van der Waals surface area contributed by atoms with Crippen LogP contribution in [0.5, 0.6) is 0 Å². The van der Waals surface area contributed by atoms with Crippen molar-refractivity contribution in [3.05, 3.63) is 34.9 Å². The molecule has 2 rings (SSSR count). The highest BCUT2D eigenvalue weighted by atomic mass is 127. The molecule has 1 fully saturated rings. The molecule has 1 aromatic carbocycles. The van der Waals surface area contributed by atoms with Gasteiger partial charge in [-0.2, -0.15) is 0 Å². The summed E-state index contributed by atoms with van der Waals surface area (Å²) in [4.78, 5) is 18.3. The second-order valence-electron chi connectivity index (χ2n) is 5.96. The summed E-state index contributed by atoms with van der Waals surface area (Å²) in [7, 11) is 0. The summed E-state index contributed by atoms with van der Waals surface area (Å²) in [5.41, 5.74) is 1.18. The quantitative estimate of drug-likeness (QED) is 0.375. The van der Waals surface area contributed by atoms with Crippen LogP contribution in [0.1, 0.15) is 32.3 Å². The minimum atomic E-state index is 0. The Labute approximate surface area is 172 Å². The summed E-state index contributed by atoms with van der Waals surface area (Å²) in [6.45, 7) is 7.05. The van der Waals surface area contributed by atoms with Gasteiger partial charge in [0, 0.05) is 43.7 Å². The number of carbonyl (C=O) groups excluding carboxylic acids is 1. The lowest BCUT2D eigenvalue weighted by atomic mass is 10.1. The first-order chi connectivity index (χ1) is 11.6. The second kappa shape index (κ2) is 11.6. The molecule has 0 aliphatic carbocycles. The van der Waals surface area contributed by atoms with Gasteiger partial charge >= 0.3 is 0 Å². The minimum Gasteiger partial charge on any atom is -0.357 e. The maximum absolute atomic E-state index is 11.8. The number of rotatable bonds is 6. The zero-order chi connectivity index (χ0) is 17.4. The van der Waals surface area contributed by atoms with E-state index >= 15 is 0 Å². The van der Waals surface area contributed by atoms with E-state index in [0.717, 1.165) is 43.5 Å². The van der Waals surface area contributed by atoms with Crippen molar-refractivity contribution in [2.24, 2.45) is 4.99 Å². The fraction of sp³-hybridized carbons (Fsp3) is 0.556. The fourth-order valence-electron chi connectivity index (χ4n) is 2.83. The maximum atomic E-state index is 11.8. The summed E-state index contributed by atoms with van der Waals surface area (Å²) in [6.07, 6.45) is 2.38. The Balaban J connectivity index is 0.00000312. The van der Waals surface area contributed by atoms with Crippen molar-refractivity contribution in [1.82, 2.24) is 15.5 Å². The number of amides is 1. The van der Waals surface area contributed by atoms with E-state index in [1.165, 1.54) is 5.56 Å². The van der Waals surface area contributed by atoms with Crippen LogP contribution in [0.3, 0.4) is 0 Å². The first-order valence-corrected chi connectivity index (χ1v) is 9.07. The SMILES string of the molecule is CCNC(=NCCc1cccc(Cl)c1)NC1CCN(C(=O)CC)C1.I. The number of likely N-dealkylation sites (tertiary alicyclic amines) is 1. The van der Waals surface area contributed by atoms with Crippen LogP contribution in [-0.4, -0.2) is 49.0 Å². The molecule has 0 aromatic heterocycles. The third-order valence-corrected chi connectivity index (χ3v) is 4.32. The van der Waals surface area contributed by atoms with E-state index in [4.69, 9.17) is 11.6 Å². The highest BCUT2D eigenvalue weighted by Gasteiger charge is 2.25. The lowest BCUT2D eigenvalue weighted by Gasteiger charge is -2.18. The molecule has 0 radical (unpaired) electrons. The topological polar surface area (TPSA) is 56.7 Å². The van der Waals surface area contributed by atoms with E-state index in [-0.39, 0.29) is 35.9 Å². The molecule has 5 nitrogen and oxygen atoms in total. The van der Waals surface area contributed by atoms with Crippen LogP contribution in [-0.2, 0) is 11.2 Å². The number of hydrogen-bond acceptors (Lipinski definition) is 2. The Kier molecular flexibility index (Phi) is 10.2. The lowest BCUT2D eigenvalue weighted by Crippen LogP contribution is -2.45. The Bertz CT molecular complexity index is 582. The summed E-state index contributed by atoms with van der Waals surface area (Å²) < 4.78 is 0. The van der Waals surface area contributed by atoms with Crippen molar-refractivity contribution in [3.63, 3.8) is 0 Å².